The molecule has 0 aromatic carbocycles. The summed E-state index contributed by atoms with van der Waals surface area (Å²) in [6, 6.07) is 0. The zero-order valence-electron chi connectivity index (χ0n) is 9.83. The zero-order chi connectivity index (χ0) is 10.7. The molecular formula is C13H21NS. The van der Waals surface area contributed by atoms with Crippen LogP contribution >= 0.6 is 11.3 Å². The van der Waals surface area contributed by atoms with Crippen molar-refractivity contribution in [2.24, 2.45) is 5.92 Å². The second-order valence-corrected chi connectivity index (χ2v) is 6.24. The van der Waals surface area contributed by atoms with Crippen molar-refractivity contribution in [2.45, 2.75) is 58.3 Å². The molecule has 1 aromatic rings. The van der Waals surface area contributed by atoms with Gasteiger partial charge in [-0.2, -0.15) is 0 Å². The summed E-state index contributed by atoms with van der Waals surface area (Å²) in [7, 11) is 0. The number of thiazole rings is 1. The Labute approximate surface area is 96.9 Å². The van der Waals surface area contributed by atoms with E-state index in [1.54, 1.807) is 4.88 Å². The molecule has 84 valence electrons. The summed E-state index contributed by atoms with van der Waals surface area (Å²) in [6.45, 7) is 4.53. The highest BCUT2D eigenvalue weighted by atomic mass is 32.1. The molecule has 0 amide bonds. The molecular weight excluding hydrogens is 202 g/mol. The summed E-state index contributed by atoms with van der Waals surface area (Å²) in [6.07, 6.45) is 10.3. The highest BCUT2D eigenvalue weighted by Crippen LogP contribution is 2.35. The Morgan fingerprint density at radius 2 is 2.07 bits per heavy atom. The molecule has 0 N–H and O–H groups in total. The molecule has 1 aliphatic carbocycles. The second kappa shape index (κ2) is 5.11. The molecule has 2 heteroatoms. The normalized spacial score (nSPS) is 18.6. The summed E-state index contributed by atoms with van der Waals surface area (Å²) >= 11 is 1.96. The van der Waals surface area contributed by atoms with Gasteiger partial charge in [0.05, 0.1) is 5.01 Å². The van der Waals surface area contributed by atoms with Crippen LogP contribution in [0.5, 0.6) is 0 Å². The average Bonchev–Trinajstić information content (AvgIpc) is 2.67. The van der Waals surface area contributed by atoms with Crippen molar-refractivity contribution in [3.63, 3.8) is 0 Å². The lowest BCUT2D eigenvalue weighted by atomic mass is 9.89. The lowest BCUT2D eigenvalue weighted by molar-refractivity contribution is 0.448. The van der Waals surface area contributed by atoms with Crippen molar-refractivity contribution in [2.75, 3.05) is 0 Å². The van der Waals surface area contributed by atoms with Gasteiger partial charge < -0.3 is 0 Å². The first-order valence-electron chi connectivity index (χ1n) is 6.20. The fraction of sp³-hybridized carbons (Fsp3) is 0.769. The van der Waals surface area contributed by atoms with Crippen molar-refractivity contribution in [1.82, 2.24) is 4.98 Å². The Morgan fingerprint density at radius 1 is 1.33 bits per heavy atom. The van der Waals surface area contributed by atoms with Crippen LogP contribution in [0.3, 0.4) is 0 Å². The first kappa shape index (κ1) is 11.1. The SMILES string of the molecule is CC(C)Cc1ncc(C2CCCCC2)s1. The first-order chi connectivity index (χ1) is 7.25. The summed E-state index contributed by atoms with van der Waals surface area (Å²) in [5.41, 5.74) is 0. The number of rotatable bonds is 3. The van der Waals surface area contributed by atoms with Gasteiger partial charge in [-0.15, -0.1) is 11.3 Å². The Hall–Kier alpha value is -0.370. The van der Waals surface area contributed by atoms with E-state index in [0.29, 0.717) is 0 Å². The molecule has 0 aliphatic heterocycles. The second-order valence-electron chi connectivity index (χ2n) is 5.09. The van der Waals surface area contributed by atoms with Gasteiger partial charge in [-0.25, -0.2) is 4.98 Å². The highest BCUT2D eigenvalue weighted by Gasteiger charge is 2.17. The van der Waals surface area contributed by atoms with E-state index in [9.17, 15) is 0 Å². The maximum atomic E-state index is 4.55. The summed E-state index contributed by atoms with van der Waals surface area (Å²) in [4.78, 5) is 6.10. The van der Waals surface area contributed by atoms with E-state index in [-0.39, 0.29) is 0 Å². The van der Waals surface area contributed by atoms with Crippen molar-refractivity contribution in [1.29, 1.82) is 0 Å². The van der Waals surface area contributed by atoms with E-state index in [4.69, 9.17) is 0 Å². The smallest absolute Gasteiger partial charge is 0.0930 e. The minimum atomic E-state index is 0.732. The number of hydrogen-bond acceptors (Lipinski definition) is 2. The van der Waals surface area contributed by atoms with E-state index >= 15 is 0 Å². The third kappa shape index (κ3) is 3.04. The van der Waals surface area contributed by atoms with Crippen molar-refractivity contribution >= 4 is 11.3 Å². The predicted octanol–water partition coefficient (Wildman–Crippen LogP) is 4.39. The van der Waals surface area contributed by atoms with Gasteiger partial charge in [0, 0.05) is 17.5 Å². The lowest BCUT2D eigenvalue weighted by Crippen LogP contribution is -2.02. The molecule has 1 aromatic heterocycles. The van der Waals surface area contributed by atoms with Crippen LogP contribution in [0, 0.1) is 5.92 Å². The van der Waals surface area contributed by atoms with Crippen LogP contribution in [0.2, 0.25) is 0 Å². The van der Waals surface area contributed by atoms with E-state index in [2.05, 4.69) is 25.0 Å². The van der Waals surface area contributed by atoms with E-state index in [0.717, 1.165) is 18.3 Å². The Kier molecular flexibility index (Phi) is 3.79. The predicted molar refractivity (Wildman–Crippen MR) is 66.5 cm³/mol. The number of hydrogen-bond donors (Lipinski definition) is 0. The van der Waals surface area contributed by atoms with Crippen LogP contribution in [0.15, 0.2) is 6.20 Å². The minimum Gasteiger partial charge on any atom is -0.249 e. The van der Waals surface area contributed by atoms with Crippen LogP contribution in [0.4, 0.5) is 0 Å². The van der Waals surface area contributed by atoms with Crippen LogP contribution in [0.1, 0.15) is 61.8 Å². The van der Waals surface area contributed by atoms with E-state index < -0.39 is 0 Å². The molecule has 15 heavy (non-hydrogen) atoms. The Bertz CT molecular complexity index is 297. The number of aromatic nitrogens is 1. The molecule has 1 nitrogen and oxygen atoms in total. The van der Waals surface area contributed by atoms with Gasteiger partial charge in [-0.3, -0.25) is 0 Å². The fourth-order valence-electron chi connectivity index (χ4n) is 2.34. The molecule has 0 atom stereocenters. The third-order valence-electron chi connectivity index (χ3n) is 3.16. The molecule has 2 rings (SSSR count). The molecule has 0 unspecified atom stereocenters. The van der Waals surface area contributed by atoms with Crippen molar-refractivity contribution in [3.05, 3.63) is 16.1 Å². The van der Waals surface area contributed by atoms with Gasteiger partial charge in [-0.1, -0.05) is 33.1 Å². The van der Waals surface area contributed by atoms with Gasteiger partial charge in [0.1, 0.15) is 0 Å². The molecule has 0 radical (unpaired) electrons. The topological polar surface area (TPSA) is 12.9 Å². The standard InChI is InChI=1S/C13H21NS/c1-10(2)8-13-14-9-12(15-13)11-6-4-3-5-7-11/h9-11H,3-8H2,1-2H3. The largest absolute Gasteiger partial charge is 0.249 e. The summed E-state index contributed by atoms with van der Waals surface area (Å²) in [5, 5.41) is 1.34. The van der Waals surface area contributed by atoms with Crippen LogP contribution < -0.4 is 0 Å². The zero-order valence-corrected chi connectivity index (χ0v) is 10.6. The van der Waals surface area contributed by atoms with Crippen LogP contribution in [0.25, 0.3) is 0 Å². The first-order valence-corrected chi connectivity index (χ1v) is 7.02. The molecule has 1 fully saturated rings. The third-order valence-corrected chi connectivity index (χ3v) is 4.34. The molecule has 0 bridgehead atoms. The van der Waals surface area contributed by atoms with Crippen molar-refractivity contribution in [3.8, 4) is 0 Å². The summed E-state index contributed by atoms with van der Waals surface area (Å²) in [5.74, 6) is 1.56. The van der Waals surface area contributed by atoms with Crippen LogP contribution in [-0.4, -0.2) is 4.98 Å². The Balaban J connectivity index is 1.99. The van der Waals surface area contributed by atoms with Crippen LogP contribution in [-0.2, 0) is 6.42 Å². The molecule has 0 saturated heterocycles. The Morgan fingerprint density at radius 3 is 2.73 bits per heavy atom. The summed E-state index contributed by atoms with van der Waals surface area (Å²) < 4.78 is 0. The van der Waals surface area contributed by atoms with Gasteiger partial charge in [0.25, 0.3) is 0 Å². The molecule has 0 spiro atoms. The van der Waals surface area contributed by atoms with E-state index in [1.807, 2.05) is 11.3 Å². The quantitative estimate of drug-likeness (QED) is 0.740. The highest BCUT2D eigenvalue weighted by molar-refractivity contribution is 7.11. The maximum absolute atomic E-state index is 4.55. The maximum Gasteiger partial charge on any atom is 0.0930 e. The van der Waals surface area contributed by atoms with Gasteiger partial charge in [0.2, 0.25) is 0 Å². The van der Waals surface area contributed by atoms with Crippen molar-refractivity contribution < 1.29 is 0 Å². The fourth-order valence-corrected chi connectivity index (χ4v) is 3.65. The molecule has 1 aliphatic rings. The van der Waals surface area contributed by atoms with Gasteiger partial charge >= 0.3 is 0 Å². The average molecular weight is 223 g/mol. The van der Waals surface area contributed by atoms with Gasteiger partial charge in [0.15, 0.2) is 0 Å². The number of nitrogens with zero attached hydrogens (tertiary/aromatic N) is 1. The van der Waals surface area contributed by atoms with Gasteiger partial charge in [-0.05, 0) is 24.7 Å². The minimum absolute atomic E-state index is 0.732. The monoisotopic (exact) mass is 223 g/mol. The lowest BCUT2D eigenvalue weighted by Gasteiger charge is -2.19. The van der Waals surface area contributed by atoms with E-state index in [1.165, 1.54) is 37.1 Å². The molecule has 1 heterocycles. The molecule has 1 saturated carbocycles.